The van der Waals surface area contributed by atoms with Gasteiger partial charge in [-0.15, -0.1) is 0 Å². The molecule has 32 heavy (non-hydrogen) atoms. The number of hydrogen-bond donors (Lipinski definition) is 3. The van der Waals surface area contributed by atoms with Gasteiger partial charge in [0.25, 0.3) is 11.1 Å². The van der Waals surface area contributed by atoms with Gasteiger partial charge in [-0.05, 0) is 35.9 Å². The van der Waals surface area contributed by atoms with Crippen LogP contribution < -0.4 is 28.3 Å². The number of nitrogen functional groups attached to an aromatic ring is 2. The van der Waals surface area contributed by atoms with Gasteiger partial charge in [0.2, 0.25) is 5.28 Å². The average molecular weight is 455 g/mol. The third-order valence-electron chi connectivity index (χ3n) is 4.53. The van der Waals surface area contributed by atoms with Gasteiger partial charge in [0.15, 0.2) is 0 Å². The molecule has 12 heteroatoms. The number of nitrogens with one attached hydrogen (secondary N) is 1. The van der Waals surface area contributed by atoms with Crippen LogP contribution in [0, 0.1) is 0 Å². The summed E-state index contributed by atoms with van der Waals surface area (Å²) < 4.78 is 2.13. The highest BCUT2D eigenvalue weighted by Crippen LogP contribution is 2.21. The van der Waals surface area contributed by atoms with Crippen LogP contribution in [0.25, 0.3) is 22.5 Å². The highest BCUT2D eigenvalue weighted by molar-refractivity contribution is 6.28. The summed E-state index contributed by atoms with van der Waals surface area (Å²) in [5.41, 5.74) is 12.2. The van der Waals surface area contributed by atoms with E-state index in [1.165, 1.54) is 18.7 Å². The second kappa shape index (κ2) is 9.27. The minimum absolute atomic E-state index is 0.0216. The molecule has 4 heterocycles. The van der Waals surface area contributed by atoms with Crippen molar-refractivity contribution in [1.82, 2.24) is 29.1 Å². The van der Waals surface area contributed by atoms with Gasteiger partial charge in [-0.1, -0.05) is 0 Å². The Morgan fingerprint density at radius 2 is 1.31 bits per heavy atom. The Balaban J connectivity index is 0.000000181. The topological polar surface area (TPSA) is 168 Å². The van der Waals surface area contributed by atoms with Crippen molar-refractivity contribution in [2.24, 2.45) is 14.1 Å². The van der Waals surface area contributed by atoms with E-state index < -0.39 is 11.2 Å². The van der Waals surface area contributed by atoms with Gasteiger partial charge >= 0.3 is 5.69 Å². The Labute approximate surface area is 186 Å². The first-order chi connectivity index (χ1) is 15.2. The summed E-state index contributed by atoms with van der Waals surface area (Å²) in [4.78, 5) is 49.0. The molecule has 0 spiro atoms. The SMILES string of the molecule is Cn1c(=O)[nH]c(-c2ccncc2)c(N)c1=O.Cn1c(Cl)nc(-c2ccncc2)c(N)c1=O. The van der Waals surface area contributed by atoms with Crippen LogP contribution in [-0.4, -0.2) is 29.1 Å². The molecular formula is C20H19ClN8O3. The fraction of sp³-hybridized carbons (Fsp3) is 0.100. The summed E-state index contributed by atoms with van der Waals surface area (Å²) in [7, 11) is 2.89. The van der Waals surface area contributed by atoms with Gasteiger partial charge < -0.3 is 16.5 Å². The molecule has 0 bridgehead atoms. The zero-order chi connectivity index (χ0) is 23.4. The summed E-state index contributed by atoms with van der Waals surface area (Å²) in [6, 6.07) is 6.77. The molecule has 0 aliphatic carbocycles. The van der Waals surface area contributed by atoms with Gasteiger partial charge in [-0.2, -0.15) is 0 Å². The molecule has 5 N–H and O–H groups in total. The van der Waals surface area contributed by atoms with E-state index in [1.807, 2.05) is 0 Å². The lowest BCUT2D eigenvalue weighted by molar-refractivity contribution is 0.782. The average Bonchev–Trinajstić information content (AvgIpc) is 2.82. The van der Waals surface area contributed by atoms with Crippen LogP contribution in [0.1, 0.15) is 0 Å². The smallest absolute Gasteiger partial charge is 0.328 e. The zero-order valence-electron chi connectivity index (χ0n) is 17.1. The maximum Gasteiger partial charge on any atom is 0.328 e. The predicted molar refractivity (Wildman–Crippen MR) is 122 cm³/mol. The van der Waals surface area contributed by atoms with Crippen molar-refractivity contribution >= 4 is 23.0 Å². The number of H-pyrrole nitrogens is 1. The summed E-state index contributed by atoms with van der Waals surface area (Å²) in [6.45, 7) is 0. The van der Waals surface area contributed by atoms with E-state index >= 15 is 0 Å². The number of nitrogens with two attached hydrogens (primary N) is 2. The number of aromatic nitrogens is 6. The molecule has 0 aromatic carbocycles. The molecular weight excluding hydrogens is 436 g/mol. The normalized spacial score (nSPS) is 10.3. The highest BCUT2D eigenvalue weighted by Gasteiger charge is 2.12. The molecule has 11 nitrogen and oxygen atoms in total. The number of pyridine rings is 2. The molecule has 0 saturated heterocycles. The molecule has 4 aromatic heterocycles. The number of aromatic amines is 1. The van der Waals surface area contributed by atoms with E-state index in [2.05, 4.69) is 19.9 Å². The lowest BCUT2D eigenvalue weighted by atomic mass is 10.1. The van der Waals surface area contributed by atoms with E-state index in [-0.39, 0.29) is 22.2 Å². The first-order valence-corrected chi connectivity index (χ1v) is 9.51. The second-order valence-electron chi connectivity index (χ2n) is 6.56. The maximum atomic E-state index is 11.7. The molecule has 4 aromatic rings. The van der Waals surface area contributed by atoms with E-state index in [0.29, 0.717) is 22.5 Å². The molecule has 0 fully saturated rings. The van der Waals surface area contributed by atoms with Crippen molar-refractivity contribution in [2.45, 2.75) is 0 Å². The molecule has 164 valence electrons. The third kappa shape index (κ3) is 4.42. The van der Waals surface area contributed by atoms with Crippen molar-refractivity contribution in [1.29, 1.82) is 0 Å². The number of halogens is 1. The first kappa shape index (κ1) is 22.4. The van der Waals surface area contributed by atoms with Crippen molar-refractivity contribution in [2.75, 3.05) is 11.5 Å². The van der Waals surface area contributed by atoms with Gasteiger partial charge in [0.1, 0.15) is 17.1 Å². The third-order valence-corrected chi connectivity index (χ3v) is 4.87. The number of hydrogen-bond acceptors (Lipinski definition) is 8. The Morgan fingerprint density at radius 3 is 1.88 bits per heavy atom. The van der Waals surface area contributed by atoms with Gasteiger partial charge in [0, 0.05) is 50.0 Å². The van der Waals surface area contributed by atoms with Crippen molar-refractivity contribution < 1.29 is 0 Å². The van der Waals surface area contributed by atoms with Crippen molar-refractivity contribution in [3.8, 4) is 22.5 Å². The predicted octanol–water partition coefficient (Wildman–Crippen LogP) is 0.796. The first-order valence-electron chi connectivity index (χ1n) is 9.14. The maximum absolute atomic E-state index is 11.7. The van der Waals surface area contributed by atoms with Gasteiger partial charge in [-0.3, -0.25) is 28.7 Å². The van der Waals surface area contributed by atoms with Crippen LogP contribution in [0.2, 0.25) is 5.28 Å². The quantitative estimate of drug-likeness (QED) is 0.373. The largest absolute Gasteiger partial charge is 0.393 e. The number of anilines is 2. The van der Waals surface area contributed by atoms with Gasteiger partial charge in [0.05, 0.1) is 5.69 Å². The zero-order valence-corrected chi connectivity index (χ0v) is 17.9. The fourth-order valence-corrected chi connectivity index (χ4v) is 2.87. The summed E-state index contributed by atoms with van der Waals surface area (Å²) >= 11 is 5.82. The van der Waals surface area contributed by atoms with Crippen LogP contribution in [0.15, 0.2) is 63.4 Å². The van der Waals surface area contributed by atoms with Crippen LogP contribution >= 0.6 is 11.6 Å². The Kier molecular flexibility index (Phi) is 6.50. The summed E-state index contributed by atoms with van der Waals surface area (Å²) in [5, 5.41) is 0.103. The number of rotatable bonds is 2. The minimum Gasteiger partial charge on any atom is -0.393 e. The van der Waals surface area contributed by atoms with Crippen LogP contribution in [0.4, 0.5) is 11.4 Å². The Hall–Kier alpha value is -4.25. The minimum atomic E-state index is -0.504. The second-order valence-corrected chi connectivity index (χ2v) is 6.90. The molecule has 0 saturated carbocycles. The summed E-state index contributed by atoms with van der Waals surface area (Å²) in [5.74, 6) is 0. The number of nitrogens with zero attached hydrogens (tertiary/aromatic N) is 5. The van der Waals surface area contributed by atoms with Crippen LogP contribution in [-0.2, 0) is 14.1 Å². The molecule has 0 atom stereocenters. The van der Waals surface area contributed by atoms with Crippen LogP contribution in [0.3, 0.4) is 0 Å². The monoisotopic (exact) mass is 454 g/mol. The van der Waals surface area contributed by atoms with E-state index in [0.717, 1.165) is 4.57 Å². The molecule has 0 unspecified atom stereocenters. The Morgan fingerprint density at radius 1 is 0.812 bits per heavy atom. The van der Waals surface area contributed by atoms with Gasteiger partial charge in [-0.25, -0.2) is 9.78 Å². The lowest BCUT2D eigenvalue weighted by Gasteiger charge is -2.07. The van der Waals surface area contributed by atoms with Crippen molar-refractivity contribution in [3.05, 3.63) is 85.5 Å². The van der Waals surface area contributed by atoms with Crippen LogP contribution in [0.5, 0.6) is 0 Å². The molecule has 0 radical (unpaired) electrons. The standard InChI is InChI=1S/C10H9ClN4O.C10H10N4O2/c1-15-9(16)7(12)8(14-10(15)11)6-2-4-13-5-3-6;1-14-9(15)7(11)8(13-10(14)16)6-2-4-12-5-3-6/h2-5H,12H2,1H3;2-5H,11H2,1H3,(H,13,16). The molecule has 4 rings (SSSR count). The lowest BCUT2D eigenvalue weighted by Crippen LogP contribution is -2.34. The van der Waals surface area contributed by atoms with E-state index in [9.17, 15) is 14.4 Å². The highest BCUT2D eigenvalue weighted by atomic mass is 35.5. The molecule has 0 amide bonds. The van der Waals surface area contributed by atoms with Crippen molar-refractivity contribution in [3.63, 3.8) is 0 Å². The summed E-state index contributed by atoms with van der Waals surface area (Å²) in [6.07, 6.45) is 6.32. The van der Waals surface area contributed by atoms with E-state index in [1.54, 1.807) is 49.1 Å². The van der Waals surface area contributed by atoms with E-state index in [4.69, 9.17) is 23.1 Å². The molecule has 0 aliphatic heterocycles. The Bertz CT molecular complexity index is 1430. The molecule has 0 aliphatic rings. The fourth-order valence-electron chi connectivity index (χ4n) is 2.71.